The normalized spacial score (nSPS) is 14.4. The molecule has 5 nitrogen and oxygen atoms in total. The highest BCUT2D eigenvalue weighted by molar-refractivity contribution is 6.29. The molecule has 0 aliphatic carbocycles. The van der Waals surface area contributed by atoms with Crippen molar-refractivity contribution < 1.29 is 9.84 Å². The van der Waals surface area contributed by atoms with E-state index in [2.05, 4.69) is 15.3 Å². The number of aliphatic hydroxyl groups is 1. The van der Waals surface area contributed by atoms with Crippen molar-refractivity contribution in [1.29, 1.82) is 0 Å². The number of hydrogen-bond acceptors (Lipinski definition) is 5. The van der Waals surface area contributed by atoms with Gasteiger partial charge in [0.2, 0.25) is 0 Å². The maximum absolute atomic E-state index is 9.28. The number of nitrogens with zero attached hydrogens (tertiary/aromatic N) is 2. The molecule has 2 atom stereocenters. The predicted molar refractivity (Wildman–Crippen MR) is 67.1 cm³/mol. The third-order valence-corrected chi connectivity index (χ3v) is 2.30. The van der Waals surface area contributed by atoms with Gasteiger partial charge in [-0.25, -0.2) is 9.97 Å². The molecule has 0 bridgehead atoms. The van der Waals surface area contributed by atoms with Crippen LogP contribution in [0.5, 0.6) is 0 Å². The molecule has 0 aliphatic rings. The molecule has 0 amide bonds. The van der Waals surface area contributed by atoms with Gasteiger partial charge < -0.3 is 15.2 Å². The van der Waals surface area contributed by atoms with Crippen LogP contribution in [0.4, 0.5) is 5.82 Å². The van der Waals surface area contributed by atoms with Crippen molar-refractivity contribution in [2.45, 2.75) is 39.0 Å². The van der Waals surface area contributed by atoms with E-state index in [1.807, 2.05) is 6.92 Å². The Bertz CT molecular complexity index is 361. The topological polar surface area (TPSA) is 67.3 Å². The van der Waals surface area contributed by atoms with Gasteiger partial charge in [-0.1, -0.05) is 11.6 Å². The van der Waals surface area contributed by atoms with Gasteiger partial charge in [0.1, 0.15) is 17.6 Å². The van der Waals surface area contributed by atoms with Gasteiger partial charge in [-0.15, -0.1) is 0 Å². The number of halogens is 1. The van der Waals surface area contributed by atoms with Crippen LogP contribution >= 0.6 is 11.6 Å². The molecule has 17 heavy (non-hydrogen) atoms. The molecule has 0 spiro atoms. The molecular weight excluding hydrogens is 242 g/mol. The number of hydrogen-bond donors (Lipinski definition) is 2. The summed E-state index contributed by atoms with van der Waals surface area (Å²) >= 11 is 5.88. The summed E-state index contributed by atoms with van der Waals surface area (Å²) in [5.41, 5.74) is 0. The number of aliphatic hydroxyl groups excluding tert-OH is 1. The lowest BCUT2D eigenvalue weighted by atomic mass is 10.1. The van der Waals surface area contributed by atoms with E-state index in [1.165, 1.54) is 0 Å². The number of ether oxygens (including phenoxy) is 1. The number of methoxy groups -OCH3 is 1. The van der Waals surface area contributed by atoms with Crippen molar-refractivity contribution in [3.05, 3.63) is 17.0 Å². The second kappa shape index (κ2) is 6.74. The van der Waals surface area contributed by atoms with Crippen molar-refractivity contribution in [2.75, 3.05) is 12.4 Å². The van der Waals surface area contributed by atoms with E-state index in [4.69, 9.17) is 16.3 Å². The van der Waals surface area contributed by atoms with Gasteiger partial charge in [0.25, 0.3) is 0 Å². The van der Waals surface area contributed by atoms with Crippen LogP contribution in [0, 0.1) is 0 Å². The molecule has 1 aromatic rings. The lowest BCUT2D eigenvalue weighted by molar-refractivity contribution is 0.177. The monoisotopic (exact) mass is 259 g/mol. The summed E-state index contributed by atoms with van der Waals surface area (Å²) in [6.45, 7) is 4.04. The highest BCUT2D eigenvalue weighted by Crippen LogP contribution is 2.14. The number of anilines is 1. The lowest BCUT2D eigenvalue weighted by Gasteiger charge is -2.16. The third kappa shape index (κ3) is 5.30. The SMILES string of the molecule is COCc1nc(Cl)cc(NC(C)CC(C)O)n1. The zero-order chi connectivity index (χ0) is 12.8. The molecule has 0 saturated heterocycles. The molecule has 1 heterocycles. The van der Waals surface area contributed by atoms with Gasteiger partial charge in [0.05, 0.1) is 6.10 Å². The molecule has 2 unspecified atom stereocenters. The summed E-state index contributed by atoms with van der Waals surface area (Å²) in [5.74, 6) is 1.18. The van der Waals surface area contributed by atoms with Gasteiger partial charge >= 0.3 is 0 Å². The molecule has 2 N–H and O–H groups in total. The van der Waals surface area contributed by atoms with Crippen LogP contribution in [0.2, 0.25) is 5.15 Å². The van der Waals surface area contributed by atoms with Crippen LogP contribution < -0.4 is 5.32 Å². The molecular formula is C11H18ClN3O2. The summed E-state index contributed by atoms with van der Waals surface area (Å²) in [7, 11) is 1.58. The van der Waals surface area contributed by atoms with E-state index in [0.717, 1.165) is 0 Å². The molecule has 0 aromatic carbocycles. The van der Waals surface area contributed by atoms with Gasteiger partial charge in [-0.05, 0) is 20.3 Å². The highest BCUT2D eigenvalue weighted by atomic mass is 35.5. The Hall–Kier alpha value is -0.910. The fourth-order valence-electron chi connectivity index (χ4n) is 1.56. The molecule has 0 aliphatic heterocycles. The Balaban J connectivity index is 2.69. The van der Waals surface area contributed by atoms with Crippen molar-refractivity contribution in [2.24, 2.45) is 0 Å². The smallest absolute Gasteiger partial charge is 0.158 e. The van der Waals surface area contributed by atoms with Crippen molar-refractivity contribution >= 4 is 17.4 Å². The van der Waals surface area contributed by atoms with E-state index in [9.17, 15) is 5.11 Å². The summed E-state index contributed by atoms with van der Waals surface area (Å²) in [4.78, 5) is 8.29. The van der Waals surface area contributed by atoms with Gasteiger partial charge in [-0.3, -0.25) is 0 Å². The second-order valence-electron chi connectivity index (χ2n) is 4.06. The van der Waals surface area contributed by atoms with Gasteiger partial charge in [0, 0.05) is 19.2 Å². The first-order chi connectivity index (χ1) is 8.01. The maximum atomic E-state index is 9.28. The summed E-state index contributed by atoms with van der Waals surface area (Å²) in [6.07, 6.45) is 0.287. The number of aromatic nitrogens is 2. The zero-order valence-electron chi connectivity index (χ0n) is 10.3. The van der Waals surface area contributed by atoms with E-state index >= 15 is 0 Å². The molecule has 6 heteroatoms. The molecule has 0 saturated carbocycles. The summed E-state index contributed by atoms with van der Waals surface area (Å²) < 4.78 is 4.96. The Morgan fingerprint density at radius 1 is 1.47 bits per heavy atom. The average molecular weight is 260 g/mol. The Labute approximate surface area is 106 Å². The van der Waals surface area contributed by atoms with E-state index in [-0.39, 0.29) is 12.1 Å². The Morgan fingerprint density at radius 3 is 2.76 bits per heavy atom. The largest absolute Gasteiger partial charge is 0.393 e. The lowest BCUT2D eigenvalue weighted by Crippen LogP contribution is -2.21. The first-order valence-corrected chi connectivity index (χ1v) is 5.86. The number of nitrogens with one attached hydrogen (secondary N) is 1. The standard InChI is InChI=1S/C11H18ClN3O2/c1-7(4-8(2)16)13-10-5-9(12)14-11(15-10)6-17-3/h5,7-8,16H,4,6H2,1-3H3,(H,13,14,15). The molecule has 1 aromatic heterocycles. The molecule has 0 fully saturated rings. The van der Waals surface area contributed by atoms with Crippen molar-refractivity contribution in [1.82, 2.24) is 9.97 Å². The zero-order valence-corrected chi connectivity index (χ0v) is 11.0. The van der Waals surface area contributed by atoms with Gasteiger partial charge in [-0.2, -0.15) is 0 Å². The fourth-order valence-corrected chi connectivity index (χ4v) is 1.76. The minimum Gasteiger partial charge on any atom is -0.393 e. The molecule has 96 valence electrons. The quantitative estimate of drug-likeness (QED) is 0.763. The van der Waals surface area contributed by atoms with E-state index in [1.54, 1.807) is 20.1 Å². The van der Waals surface area contributed by atoms with Crippen molar-refractivity contribution in [3.8, 4) is 0 Å². The van der Waals surface area contributed by atoms with Crippen LogP contribution in [0.15, 0.2) is 6.07 Å². The predicted octanol–water partition coefficient (Wildman–Crippen LogP) is 1.85. The first-order valence-electron chi connectivity index (χ1n) is 5.48. The van der Waals surface area contributed by atoms with Crippen molar-refractivity contribution in [3.63, 3.8) is 0 Å². The average Bonchev–Trinajstić information content (AvgIpc) is 2.14. The summed E-state index contributed by atoms with van der Waals surface area (Å²) in [6, 6.07) is 1.76. The van der Waals surface area contributed by atoms with Crippen LogP contribution in [0.3, 0.4) is 0 Å². The molecule has 1 rings (SSSR count). The fraction of sp³-hybridized carbons (Fsp3) is 0.636. The van der Waals surface area contributed by atoms with Crippen LogP contribution in [0.25, 0.3) is 0 Å². The first kappa shape index (κ1) is 14.2. The Kier molecular flexibility index (Phi) is 5.61. The third-order valence-electron chi connectivity index (χ3n) is 2.10. The van der Waals surface area contributed by atoms with Crippen LogP contribution in [-0.4, -0.2) is 34.3 Å². The number of rotatable bonds is 6. The minimum atomic E-state index is -0.353. The van der Waals surface area contributed by atoms with Crippen LogP contribution in [0.1, 0.15) is 26.1 Å². The van der Waals surface area contributed by atoms with Crippen LogP contribution in [-0.2, 0) is 11.3 Å². The second-order valence-corrected chi connectivity index (χ2v) is 4.44. The van der Waals surface area contributed by atoms with E-state index < -0.39 is 0 Å². The molecule has 0 radical (unpaired) electrons. The summed E-state index contributed by atoms with van der Waals surface area (Å²) in [5, 5.41) is 12.8. The highest BCUT2D eigenvalue weighted by Gasteiger charge is 2.08. The van der Waals surface area contributed by atoms with E-state index in [0.29, 0.717) is 29.8 Å². The maximum Gasteiger partial charge on any atom is 0.158 e. The Morgan fingerprint density at radius 2 is 2.18 bits per heavy atom. The van der Waals surface area contributed by atoms with Gasteiger partial charge in [0.15, 0.2) is 5.82 Å². The minimum absolute atomic E-state index is 0.108.